The fraction of sp³-hybridized carbons (Fsp3) is 0.583. The van der Waals surface area contributed by atoms with E-state index in [1.165, 1.54) is 45.2 Å². The number of amides is 1. The van der Waals surface area contributed by atoms with Crippen molar-refractivity contribution in [1.29, 1.82) is 0 Å². The third-order valence-electron chi connectivity index (χ3n) is 6.48. The first-order valence-corrected chi connectivity index (χ1v) is 11.3. The van der Waals surface area contributed by atoms with Crippen LogP contribution >= 0.6 is 0 Å². The average Bonchev–Trinajstić information content (AvgIpc) is 2.76. The molecule has 1 amide bonds. The molecule has 1 N–H and O–H groups in total. The number of hydrogen-bond donors (Lipinski definition) is 1. The Kier molecular flexibility index (Phi) is 6.72. The zero-order valence-corrected chi connectivity index (χ0v) is 17.8. The quantitative estimate of drug-likeness (QED) is 0.705. The highest BCUT2D eigenvalue weighted by Gasteiger charge is 2.32. The van der Waals surface area contributed by atoms with Crippen LogP contribution in [0.15, 0.2) is 33.5 Å². The molecule has 0 saturated carbocycles. The Hall–Kier alpha value is -2.34. The third-order valence-corrected chi connectivity index (χ3v) is 6.48. The van der Waals surface area contributed by atoms with Crippen molar-refractivity contribution in [2.24, 2.45) is 5.92 Å². The predicted octanol–water partition coefficient (Wildman–Crippen LogP) is 3.51. The summed E-state index contributed by atoms with van der Waals surface area (Å²) >= 11 is 0. The minimum atomic E-state index is -0.356. The Balaban J connectivity index is 1.32. The van der Waals surface area contributed by atoms with Crippen LogP contribution in [0.3, 0.4) is 0 Å². The molecule has 2 fully saturated rings. The van der Waals surface area contributed by atoms with Gasteiger partial charge in [0.2, 0.25) is 0 Å². The van der Waals surface area contributed by atoms with Crippen molar-refractivity contribution in [1.82, 2.24) is 10.2 Å². The molecule has 0 bridgehead atoms. The first-order valence-electron chi connectivity index (χ1n) is 11.3. The summed E-state index contributed by atoms with van der Waals surface area (Å²) in [6.45, 7) is 5.17. The van der Waals surface area contributed by atoms with E-state index in [1.807, 2.05) is 12.1 Å². The van der Waals surface area contributed by atoms with E-state index in [0.29, 0.717) is 23.3 Å². The molecule has 6 nitrogen and oxygen atoms in total. The van der Waals surface area contributed by atoms with Gasteiger partial charge >= 0.3 is 5.63 Å². The summed E-state index contributed by atoms with van der Waals surface area (Å²) in [7, 11) is 0. The van der Waals surface area contributed by atoms with Gasteiger partial charge in [0.15, 0.2) is 6.61 Å². The molecular weight excluding hydrogens is 380 g/mol. The lowest BCUT2D eigenvalue weighted by molar-refractivity contribution is -0.123. The van der Waals surface area contributed by atoms with Crippen molar-refractivity contribution in [3.05, 3.63) is 40.2 Å². The molecule has 0 spiro atoms. The van der Waals surface area contributed by atoms with Gasteiger partial charge in [0.25, 0.3) is 5.91 Å². The van der Waals surface area contributed by atoms with Crippen molar-refractivity contribution >= 4 is 16.9 Å². The lowest BCUT2D eigenvalue weighted by Gasteiger charge is -2.44. The first-order chi connectivity index (χ1) is 14.6. The van der Waals surface area contributed by atoms with E-state index in [2.05, 4.69) is 17.1 Å². The summed E-state index contributed by atoms with van der Waals surface area (Å²) in [5.74, 6) is 0.963. The highest BCUT2D eigenvalue weighted by Crippen LogP contribution is 2.30. The van der Waals surface area contributed by atoms with Crippen LogP contribution in [-0.4, -0.2) is 43.1 Å². The number of carbonyl (C=O) groups is 1. The molecular formula is C24H32N2O4. The van der Waals surface area contributed by atoms with Crippen molar-refractivity contribution in [2.45, 2.75) is 57.9 Å². The van der Waals surface area contributed by atoms with Gasteiger partial charge in [-0.1, -0.05) is 19.8 Å². The summed E-state index contributed by atoms with van der Waals surface area (Å²) in [5, 5.41) is 3.98. The third kappa shape index (κ3) is 4.86. The number of ether oxygens (including phenoxy) is 1. The fourth-order valence-corrected chi connectivity index (χ4v) is 5.04. The molecule has 2 atom stereocenters. The number of carbonyl (C=O) groups excluding carboxylic acids is 1. The summed E-state index contributed by atoms with van der Waals surface area (Å²) in [6, 6.07) is 7.60. The van der Waals surface area contributed by atoms with E-state index < -0.39 is 0 Å². The molecule has 2 saturated heterocycles. The summed E-state index contributed by atoms with van der Waals surface area (Å²) in [4.78, 5) is 26.8. The second-order valence-corrected chi connectivity index (χ2v) is 8.59. The Bertz CT molecular complexity index is 936. The van der Waals surface area contributed by atoms with E-state index in [-0.39, 0.29) is 18.1 Å². The van der Waals surface area contributed by atoms with Gasteiger partial charge in [0, 0.05) is 30.1 Å². The monoisotopic (exact) mass is 412 g/mol. The summed E-state index contributed by atoms with van der Waals surface area (Å²) < 4.78 is 11.0. The molecule has 1 aromatic heterocycles. The molecule has 162 valence electrons. The summed E-state index contributed by atoms with van der Waals surface area (Å²) in [5.41, 5.74) is 1.13. The van der Waals surface area contributed by atoms with Gasteiger partial charge in [-0.2, -0.15) is 0 Å². The zero-order chi connectivity index (χ0) is 20.9. The molecule has 30 heavy (non-hydrogen) atoms. The predicted molar refractivity (Wildman–Crippen MR) is 117 cm³/mol. The number of piperidine rings is 2. The van der Waals surface area contributed by atoms with Gasteiger partial charge in [-0.15, -0.1) is 0 Å². The molecule has 0 radical (unpaired) electrons. The van der Waals surface area contributed by atoms with Crippen LogP contribution in [0.1, 0.15) is 51.0 Å². The Morgan fingerprint density at radius 1 is 1.20 bits per heavy atom. The second-order valence-electron chi connectivity index (χ2n) is 8.59. The van der Waals surface area contributed by atoms with Gasteiger partial charge in [0.1, 0.15) is 11.3 Å². The Morgan fingerprint density at radius 3 is 2.93 bits per heavy atom. The van der Waals surface area contributed by atoms with E-state index in [9.17, 15) is 9.59 Å². The molecule has 0 aliphatic carbocycles. The molecule has 6 heteroatoms. The molecule has 4 rings (SSSR count). The minimum Gasteiger partial charge on any atom is -0.484 e. The second kappa shape index (κ2) is 9.65. The molecule has 1 aromatic carbocycles. The van der Waals surface area contributed by atoms with Crippen LogP contribution in [0.2, 0.25) is 0 Å². The number of fused-ring (bicyclic) bond motifs is 2. The van der Waals surface area contributed by atoms with Crippen molar-refractivity contribution in [3.8, 4) is 5.75 Å². The van der Waals surface area contributed by atoms with Crippen LogP contribution in [0.5, 0.6) is 5.75 Å². The SMILES string of the molecule is CCCc1cc(=O)oc2cc(OCC(=O)NCC3CCCN4CCCCC34)ccc12. The fourth-order valence-electron chi connectivity index (χ4n) is 5.04. The van der Waals surface area contributed by atoms with Gasteiger partial charge in [-0.3, -0.25) is 4.79 Å². The van der Waals surface area contributed by atoms with Gasteiger partial charge in [0.05, 0.1) is 0 Å². The number of benzene rings is 1. The van der Waals surface area contributed by atoms with Crippen molar-refractivity contribution in [2.75, 3.05) is 26.2 Å². The maximum Gasteiger partial charge on any atom is 0.336 e. The van der Waals surface area contributed by atoms with Crippen molar-refractivity contribution in [3.63, 3.8) is 0 Å². The molecule has 3 heterocycles. The number of aryl methyl sites for hydroxylation is 1. The average molecular weight is 413 g/mol. The number of nitrogens with one attached hydrogen (secondary N) is 1. The molecule has 2 aliphatic rings. The van der Waals surface area contributed by atoms with E-state index >= 15 is 0 Å². The highest BCUT2D eigenvalue weighted by molar-refractivity contribution is 5.82. The van der Waals surface area contributed by atoms with Crippen LogP contribution < -0.4 is 15.7 Å². The normalized spacial score (nSPS) is 21.9. The number of hydrogen-bond acceptors (Lipinski definition) is 5. The van der Waals surface area contributed by atoms with Crippen molar-refractivity contribution < 1.29 is 13.9 Å². The smallest absolute Gasteiger partial charge is 0.336 e. The van der Waals surface area contributed by atoms with Crippen LogP contribution in [-0.2, 0) is 11.2 Å². The first kappa shape index (κ1) is 20.9. The van der Waals surface area contributed by atoms with Gasteiger partial charge in [-0.25, -0.2) is 4.79 Å². The van der Waals surface area contributed by atoms with E-state index in [4.69, 9.17) is 9.15 Å². The van der Waals surface area contributed by atoms with Crippen LogP contribution in [0, 0.1) is 5.92 Å². The molecule has 2 unspecified atom stereocenters. The van der Waals surface area contributed by atoms with E-state index in [0.717, 1.165) is 30.3 Å². The standard InChI is InChI=1S/C24H32N2O4/c1-2-6-17-13-24(28)30-22-14-19(9-10-20(17)22)29-16-23(27)25-15-18-7-5-12-26-11-4-3-8-21(18)26/h9-10,13-14,18,21H,2-8,11-12,15-16H2,1H3,(H,25,27). The van der Waals surface area contributed by atoms with Crippen LogP contribution in [0.4, 0.5) is 0 Å². The highest BCUT2D eigenvalue weighted by atomic mass is 16.5. The number of nitrogens with zero attached hydrogens (tertiary/aromatic N) is 1. The van der Waals surface area contributed by atoms with Gasteiger partial charge < -0.3 is 19.4 Å². The van der Waals surface area contributed by atoms with Crippen LogP contribution in [0.25, 0.3) is 11.0 Å². The lowest BCUT2D eigenvalue weighted by atomic mass is 9.83. The number of rotatable bonds is 7. The topological polar surface area (TPSA) is 71.8 Å². The zero-order valence-electron chi connectivity index (χ0n) is 17.8. The maximum absolute atomic E-state index is 12.4. The minimum absolute atomic E-state index is 0.0362. The molecule has 2 aliphatic heterocycles. The Labute approximate surface area is 177 Å². The van der Waals surface area contributed by atoms with E-state index in [1.54, 1.807) is 12.1 Å². The largest absolute Gasteiger partial charge is 0.484 e. The Morgan fingerprint density at radius 2 is 2.07 bits per heavy atom. The maximum atomic E-state index is 12.4. The molecule has 2 aromatic rings. The van der Waals surface area contributed by atoms with Gasteiger partial charge in [-0.05, 0) is 68.8 Å². The summed E-state index contributed by atoms with van der Waals surface area (Å²) in [6.07, 6.45) is 8.03. The lowest BCUT2D eigenvalue weighted by Crippen LogP contribution is -2.51.